The van der Waals surface area contributed by atoms with E-state index < -0.39 is 0 Å². The van der Waals surface area contributed by atoms with E-state index in [2.05, 4.69) is 33.0 Å². The zero-order chi connectivity index (χ0) is 6.97. The summed E-state index contributed by atoms with van der Waals surface area (Å²) in [6.45, 7) is 2.13. The zero-order valence-corrected chi connectivity index (χ0v) is 7.58. The van der Waals surface area contributed by atoms with Crippen LogP contribution in [0.2, 0.25) is 0 Å². The van der Waals surface area contributed by atoms with E-state index in [1.807, 2.05) is 16.9 Å². The molecule has 1 saturated heterocycles. The summed E-state index contributed by atoms with van der Waals surface area (Å²) in [5, 5.41) is 7.50. The summed E-state index contributed by atoms with van der Waals surface area (Å²) in [5.74, 6) is 0. The van der Waals surface area contributed by atoms with Gasteiger partial charge in [-0.15, -0.1) is 0 Å². The van der Waals surface area contributed by atoms with Crippen LogP contribution in [-0.2, 0) is 0 Å². The Labute approximate surface area is 72.9 Å². The van der Waals surface area contributed by atoms with Crippen LogP contribution in [0.3, 0.4) is 0 Å². The minimum absolute atomic E-state index is 0.600. The Hall–Kier alpha value is -0.100. The molecule has 0 unspecified atom stereocenters. The summed E-state index contributed by atoms with van der Waals surface area (Å²) in [6.07, 6.45) is 2.04. The Bertz CT molecular complexity index is 229. The van der Waals surface area contributed by atoms with Crippen molar-refractivity contribution in [3.63, 3.8) is 0 Å². The van der Waals surface area contributed by atoms with Crippen LogP contribution in [0.1, 0.15) is 6.04 Å². The van der Waals surface area contributed by atoms with Gasteiger partial charge in [-0.1, -0.05) is 0 Å². The van der Waals surface area contributed by atoms with E-state index in [1.165, 1.54) is 0 Å². The molecule has 1 aliphatic rings. The molecular weight excluding hydrogens is 241 g/mol. The highest BCUT2D eigenvalue weighted by atomic mass is 127. The van der Waals surface area contributed by atoms with Gasteiger partial charge in [0.05, 0.1) is 6.04 Å². The molecule has 54 valence electrons. The van der Waals surface area contributed by atoms with Crippen molar-refractivity contribution in [3.05, 3.63) is 16.0 Å². The summed E-state index contributed by atoms with van der Waals surface area (Å²) < 4.78 is 3.10. The highest BCUT2D eigenvalue weighted by Gasteiger charge is 2.18. The molecule has 0 aromatic carbocycles. The maximum Gasteiger partial charge on any atom is 0.123 e. The van der Waals surface area contributed by atoms with Gasteiger partial charge in [-0.2, -0.15) is 5.10 Å². The molecule has 1 N–H and O–H groups in total. The van der Waals surface area contributed by atoms with Crippen LogP contribution in [0.25, 0.3) is 0 Å². The van der Waals surface area contributed by atoms with Gasteiger partial charge in [-0.05, 0) is 28.7 Å². The van der Waals surface area contributed by atoms with E-state index in [1.54, 1.807) is 0 Å². The zero-order valence-electron chi connectivity index (χ0n) is 5.42. The van der Waals surface area contributed by atoms with E-state index in [-0.39, 0.29) is 0 Å². The maximum atomic E-state index is 4.30. The van der Waals surface area contributed by atoms with Gasteiger partial charge < -0.3 is 5.32 Å². The topological polar surface area (TPSA) is 29.9 Å². The molecule has 0 radical (unpaired) electrons. The van der Waals surface area contributed by atoms with Gasteiger partial charge in [0.15, 0.2) is 0 Å². The van der Waals surface area contributed by atoms with Crippen LogP contribution in [0.5, 0.6) is 0 Å². The number of aromatic nitrogens is 2. The number of nitrogens with zero attached hydrogens (tertiary/aromatic N) is 2. The van der Waals surface area contributed by atoms with Gasteiger partial charge in [-0.3, -0.25) is 4.68 Å². The van der Waals surface area contributed by atoms with Gasteiger partial charge >= 0.3 is 0 Å². The van der Waals surface area contributed by atoms with Crippen molar-refractivity contribution in [2.75, 3.05) is 13.1 Å². The number of halogens is 1. The van der Waals surface area contributed by atoms with E-state index in [9.17, 15) is 0 Å². The molecule has 0 amide bonds. The first-order valence-corrected chi connectivity index (χ1v) is 4.35. The maximum absolute atomic E-state index is 4.30. The summed E-state index contributed by atoms with van der Waals surface area (Å²) >= 11 is 2.22. The number of hydrogen-bond acceptors (Lipinski definition) is 2. The molecular formula is C6H8IN3. The SMILES string of the molecule is Ic1ccn(C2CNC2)n1. The standard InChI is InChI=1S/C6H8IN3/c7-6-1-2-10(9-6)5-3-8-4-5/h1-2,5,8H,3-4H2. The first-order valence-electron chi connectivity index (χ1n) is 3.27. The Kier molecular flexibility index (Phi) is 1.65. The minimum atomic E-state index is 0.600. The Balaban J connectivity index is 2.17. The second-order valence-electron chi connectivity index (χ2n) is 2.43. The van der Waals surface area contributed by atoms with Gasteiger partial charge in [0.2, 0.25) is 0 Å². The third-order valence-electron chi connectivity index (χ3n) is 1.71. The van der Waals surface area contributed by atoms with Crippen molar-refractivity contribution in [2.45, 2.75) is 6.04 Å². The lowest BCUT2D eigenvalue weighted by molar-refractivity contribution is 0.317. The minimum Gasteiger partial charge on any atom is -0.312 e. The van der Waals surface area contributed by atoms with Crippen molar-refractivity contribution >= 4 is 22.6 Å². The molecule has 0 spiro atoms. The van der Waals surface area contributed by atoms with Gasteiger partial charge in [0, 0.05) is 19.3 Å². The van der Waals surface area contributed by atoms with Gasteiger partial charge in [0.25, 0.3) is 0 Å². The Morgan fingerprint density at radius 3 is 2.90 bits per heavy atom. The second-order valence-corrected chi connectivity index (χ2v) is 3.54. The monoisotopic (exact) mass is 249 g/mol. The highest BCUT2D eigenvalue weighted by molar-refractivity contribution is 14.1. The van der Waals surface area contributed by atoms with Crippen LogP contribution in [0.4, 0.5) is 0 Å². The summed E-state index contributed by atoms with van der Waals surface area (Å²) in [6, 6.07) is 2.63. The van der Waals surface area contributed by atoms with Gasteiger partial charge in [0.1, 0.15) is 3.70 Å². The molecule has 1 aromatic rings. The molecule has 1 aromatic heterocycles. The lowest BCUT2D eigenvalue weighted by atomic mass is 10.2. The largest absolute Gasteiger partial charge is 0.312 e. The van der Waals surface area contributed by atoms with Crippen molar-refractivity contribution < 1.29 is 0 Å². The Morgan fingerprint density at radius 2 is 2.50 bits per heavy atom. The van der Waals surface area contributed by atoms with Crippen molar-refractivity contribution in [1.82, 2.24) is 15.1 Å². The van der Waals surface area contributed by atoms with Crippen LogP contribution in [-0.4, -0.2) is 22.9 Å². The quantitative estimate of drug-likeness (QED) is 0.740. The molecule has 4 heteroatoms. The fourth-order valence-electron chi connectivity index (χ4n) is 0.979. The molecule has 1 fully saturated rings. The summed E-state index contributed by atoms with van der Waals surface area (Å²) in [5.41, 5.74) is 0. The lowest BCUT2D eigenvalue weighted by Crippen LogP contribution is -2.43. The highest BCUT2D eigenvalue weighted by Crippen LogP contribution is 2.11. The van der Waals surface area contributed by atoms with Crippen molar-refractivity contribution in [2.24, 2.45) is 0 Å². The fraction of sp³-hybridized carbons (Fsp3) is 0.500. The van der Waals surface area contributed by atoms with Gasteiger partial charge in [-0.25, -0.2) is 0 Å². The Morgan fingerprint density at radius 1 is 1.70 bits per heavy atom. The lowest BCUT2D eigenvalue weighted by Gasteiger charge is -2.27. The fourth-order valence-corrected chi connectivity index (χ4v) is 1.39. The number of rotatable bonds is 1. The predicted octanol–water partition coefficient (Wildman–Crippen LogP) is 0.632. The number of nitrogens with one attached hydrogen (secondary N) is 1. The van der Waals surface area contributed by atoms with E-state index >= 15 is 0 Å². The van der Waals surface area contributed by atoms with Crippen LogP contribution in [0.15, 0.2) is 12.3 Å². The first kappa shape index (κ1) is 6.60. The first-order chi connectivity index (χ1) is 4.86. The van der Waals surface area contributed by atoms with Crippen LogP contribution >= 0.6 is 22.6 Å². The molecule has 0 aliphatic carbocycles. The van der Waals surface area contributed by atoms with E-state index in [4.69, 9.17) is 0 Å². The van der Waals surface area contributed by atoms with Crippen LogP contribution in [0, 0.1) is 3.70 Å². The average Bonchev–Trinajstić information content (AvgIpc) is 2.10. The van der Waals surface area contributed by atoms with Crippen molar-refractivity contribution in [1.29, 1.82) is 0 Å². The molecule has 1 aliphatic heterocycles. The molecule has 3 nitrogen and oxygen atoms in total. The smallest absolute Gasteiger partial charge is 0.123 e. The molecule has 10 heavy (non-hydrogen) atoms. The van der Waals surface area contributed by atoms with E-state index in [0.717, 1.165) is 16.8 Å². The molecule has 0 saturated carbocycles. The molecule has 0 bridgehead atoms. The molecule has 2 rings (SSSR count). The molecule has 0 atom stereocenters. The third-order valence-corrected chi connectivity index (χ3v) is 2.29. The predicted molar refractivity (Wildman–Crippen MR) is 46.9 cm³/mol. The summed E-state index contributed by atoms with van der Waals surface area (Å²) in [4.78, 5) is 0. The van der Waals surface area contributed by atoms with Crippen molar-refractivity contribution in [3.8, 4) is 0 Å². The van der Waals surface area contributed by atoms with Crippen LogP contribution < -0.4 is 5.32 Å². The normalized spacial score (nSPS) is 18.9. The second kappa shape index (κ2) is 2.50. The average molecular weight is 249 g/mol. The third kappa shape index (κ3) is 1.05. The number of hydrogen-bond donors (Lipinski definition) is 1. The molecule has 2 heterocycles. The van der Waals surface area contributed by atoms with E-state index in [0.29, 0.717) is 6.04 Å². The summed E-state index contributed by atoms with van der Waals surface area (Å²) in [7, 11) is 0.